The summed E-state index contributed by atoms with van der Waals surface area (Å²) in [5.74, 6) is -0.306. The summed E-state index contributed by atoms with van der Waals surface area (Å²) in [7, 11) is 0. The molecule has 0 spiro atoms. The van der Waals surface area contributed by atoms with Crippen molar-refractivity contribution in [3.63, 3.8) is 0 Å². The van der Waals surface area contributed by atoms with E-state index in [1.165, 1.54) is 13.0 Å². The number of hydrogen-bond acceptors (Lipinski definition) is 8. The molecule has 0 aromatic carbocycles. The average Bonchev–Trinajstić information content (AvgIpc) is 2.53. The molecule has 6 atom stereocenters. The maximum atomic E-state index is 11.3. The van der Waals surface area contributed by atoms with E-state index in [2.05, 4.69) is 0 Å². The van der Waals surface area contributed by atoms with Gasteiger partial charge in [0.1, 0.15) is 30.2 Å². The predicted molar refractivity (Wildman–Crippen MR) is 95.7 cm³/mol. The highest BCUT2D eigenvalue weighted by Crippen LogP contribution is 2.44. The standard InChI is InChI=1S/C19H30O8/c1-9-5-11(7-19(3,4)14(9)12(22)6-10(2)21)26-18-17(25)16(24)15(23)13(8-20)27-18/h6,11,13,15-18,20,22-25H,5,7-8H2,1-4H3. The average molecular weight is 386 g/mol. The van der Waals surface area contributed by atoms with Gasteiger partial charge in [0, 0.05) is 6.08 Å². The monoisotopic (exact) mass is 386 g/mol. The summed E-state index contributed by atoms with van der Waals surface area (Å²) in [5.41, 5.74) is 1.03. The first-order valence-corrected chi connectivity index (χ1v) is 9.05. The maximum absolute atomic E-state index is 11.3. The van der Waals surface area contributed by atoms with Crippen molar-refractivity contribution >= 4 is 5.78 Å². The van der Waals surface area contributed by atoms with Crippen LogP contribution in [-0.4, -0.2) is 74.7 Å². The number of aliphatic hydroxyl groups excluding tert-OH is 5. The molecule has 27 heavy (non-hydrogen) atoms. The number of rotatable bonds is 5. The lowest BCUT2D eigenvalue weighted by Gasteiger charge is -2.43. The van der Waals surface area contributed by atoms with Crippen LogP contribution in [0.3, 0.4) is 0 Å². The van der Waals surface area contributed by atoms with Crippen molar-refractivity contribution in [2.75, 3.05) is 6.61 Å². The minimum atomic E-state index is -1.49. The summed E-state index contributed by atoms with van der Waals surface area (Å²) in [6.45, 7) is 6.52. The molecule has 1 saturated heterocycles. The summed E-state index contributed by atoms with van der Waals surface area (Å²) >= 11 is 0. The minimum absolute atomic E-state index is 0.0590. The molecule has 6 unspecified atom stereocenters. The second kappa shape index (κ2) is 8.38. The van der Waals surface area contributed by atoms with Gasteiger partial charge in [0.05, 0.1) is 12.7 Å². The maximum Gasteiger partial charge on any atom is 0.186 e. The van der Waals surface area contributed by atoms with Crippen LogP contribution in [0.25, 0.3) is 0 Å². The number of aliphatic hydroxyl groups is 5. The van der Waals surface area contributed by atoms with E-state index < -0.39 is 42.7 Å². The summed E-state index contributed by atoms with van der Waals surface area (Å²) in [6, 6.07) is 0. The SMILES string of the molecule is CC(=O)C=C(O)C1=C(C)CC(OC2OC(CO)C(O)C(O)C2O)CC1(C)C. The van der Waals surface area contributed by atoms with Crippen molar-refractivity contribution in [3.8, 4) is 0 Å². The molecule has 0 saturated carbocycles. The van der Waals surface area contributed by atoms with E-state index >= 15 is 0 Å². The molecule has 154 valence electrons. The second-order valence-corrected chi connectivity index (χ2v) is 8.04. The molecule has 1 heterocycles. The van der Waals surface area contributed by atoms with Crippen LogP contribution >= 0.6 is 0 Å². The smallest absolute Gasteiger partial charge is 0.186 e. The summed E-state index contributed by atoms with van der Waals surface area (Å²) in [6.07, 6.45) is -4.88. The van der Waals surface area contributed by atoms with Gasteiger partial charge in [-0.1, -0.05) is 19.4 Å². The number of ether oxygens (including phenoxy) is 2. The summed E-state index contributed by atoms with van der Waals surface area (Å²) in [5, 5.41) is 49.5. The first kappa shape index (κ1) is 22.0. The van der Waals surface area contributed by atoms with E-state index in [-0.39, 0.29) is 17.6 Å². The van der Waals surface area contributed by atoms with Crippen molar-refractivity contribution in [1.29, 1.82) is 0 Å². The highest BCUT2D eigenvalue weighted by molar-refractivity contribution is 5.88. The van der Waals surface area contributed by atoms with Crippen molar-refractivity contribution in [1.82, 2.24) is 0 Å². The molecule has 8 heteroatoms. The van der Waals surface area contributed by atoms with Crippen LogP contribution in [0.15, 0.2) is 23.0 Å². The number of carbonyl (C=O) groups is 1. The Morgan fingerprint density at radius 1 is 1.26 bits per heavy atom. The molecule has 0 aromatic rings. The first-order valence-electron chi connectivity index (χ1n) is 9.05. The van der Waals surface area contributed by atoms with Crippen LogP contribution in [0.2, 0.25) is 0 Å². The predicted octanol–water partition coefficient (Wildman–Crippen LogP) is 0.339. The Morgan fingerprint density at radius 3 is 2.41 bits per heavy atom. The van der Waals surface area contributed by atoms with Gasteiger partial charge in [-0.2, -0.15) is 0 Å². The van der Waals surface area contributed by atoms with E-state index in [0.29, 0.717) is 18.4 Å². The molecule has 1 fully saturated rings. The fourth-order valence-electron chi connectivity index (χ4n) is 4.06. The Morgan fingerprint density at radius 2 is 1.89 bits per heavy atom. The quantitative estimate of drug-likeness (QED) is 0.337. The van der Waals surface area contributed by atoms with Crippen LogP contribution in [0.5, 0.6) is 0 Å². The zero-order chi connectivity index (χ0) is 20.5. The molecule has 2 aliphatic rings. The molecule has 0 radical (unpaired) electrons. The Balaban J connectivity index is 2.18. The van der Waals surface area contributed by atoms with Crippen molar-refractivity contribution in [2.24, 2.45) is 5.41 Å². The van der Waals surface area contributed by atoms with Crippen LogP contribution in [0.1, 0.15) is 40.5 Å². The fraction of sp³-hybridized carbons (Fsp3) is 0.737. The molecule has 0 bridgehead atoms. The summed E-state index contributed by atoms with van der Waals surface area (Å²) < 4.78 is 11.3. The van der Waals surface area contributed by atoms with E-state index in [0.717, 1.165) is 5.57 Å². The lowest BCUT2D eigenvalue weighted by Crippen LogP contribution is -2.59. The third-order valence-corrected chi connectivity index (χ3v) is 5.15. The molecule has 5 N–H and O–H groups in total. The van der Waals surface area contributed by atoms with Gasteiger partial charge >= 0.3 is 0 Å². The third-order valence-electron chi connectivity index (χ3n) is 5.15. The molecular weight excluding hydrogens is 356 g/mol. The molecule has 1 aliphatic heterocycles. The topological polar surface area (TPSA) is 137 Å². The van der Waals surface area contributed by atoms with Gasteiger partial charge in [-0.25, -0.2) is 0 Å². The Hall–Kier alpha value is -1.29. The van der Waals surface area contributed by atoms with Gasteiger partial charge in [-0.3, -0.25) is 4.79 Å². The zero-order valence-corrected chi connectivity index (χ0v) is 16.1. The lowest BCUT2D eigenvalue weighted by molar-refractivity contribution is -0.313. The van der Waals surface area contributed by atoms with Crippen LogP contribution in [-0.2, 0) is 14.3 Å². The van der Waals surface area contributed by atoms with E-state index in [9.17, 15) is 30.3 Å². The number of allylic oxidation sites excluding steroid dienone is 2. The van der Waals surface area contributed by atoms with Crippen molar-refractivity contribution in [2.45, 2.75) is 77.3 Å². The molecule has 1 aliphatic carbocycles. The highest BCUT2D eigenvalue weighted by Gasteiger charge is 2.46. The van der Waals surface area contributed by atoms with Gasteiger partial charge in [0.15, 0.2) is 12.1 Å². The fourth-order valence-corrected chi connectivity index (χ4v) is 4.06. The van der Waals surface area contributed by atoms with Gasteiger partial charge in [-0.05, 0) is 37.7 Å². The first-order chi connectivity index (χ1) is 12.5. The lowest BCUT2D eigenvalue weighted by atomic mass is 9.70. The van der Waals surface area contributed by atoms with Crippen molar-refractivity contribution < 1.29 is 39.8 Å². The molecule has 8 nitrogen and oxygen atoms in total. The van der Waals surface area contributed by atoms with Gasteiger partial charge < -0.3 is 35.0 Å². The Labute approximate surface area is 158 Å². The largest absolute Gasteiger partial charge is 0.508 e. The van der Waals surface area contributed by atoms with Crippen LogP contribution in [0.4, 0.5) is 0 Å². The molecule has 2 rings (SSSR count). The molecule has 0 aromatic heterocycles. The minimum Gasteiger partial charge on any atom is -0.508 e. The van der Waals surface area contributed by atoms with Gasteiger partial charge in [0.2, 0.25) is 0 Å². The van der Waals surface area contributed by atoms with Crippen LogP contribution < -0.4 is 0 Å². The van der Waals surface area contributed by atoms with E-state index in [1.807, 2.05) is 20.8 Å². The molecular formula is C19H30O8. The van der Waals surface area contributed by atoms with Crippen LogP contribution in [0, 0.1) is 5.41 Å². The number of carbonyl (C=O) groups excluding carboxylic acids is 1. The molecule has 0 amide bonds. The van der Waals surface area contributed by atoms with Gasteiger partial charge in [0.25, 0.3) is 0 Å². The Kier molecular flexibility index (Phi) is 6.83. The zero-order valence-electron chi connectivity index (χ0n) is 16.1. The number of hydrogen-bond donors (Lipinski definition) is 5. The second-order valence-electron chi connectivity index (χ2n) is 8.04. The number of ketones is 1. The van der Waals surface area contributed by atoms with E-state index in [1.54, 1.807) is 0 Å². The normalized spacial score (nSPS) is 37.4. The summed E-state index contributed by atoms with van der Waals surface area (Å²) in [4.78, 5) is 11.3. The highest BCUT2D eigenvalue weighted by atomic mass is 16.7. The van der Waals surface area contributed by atoms with Crippen molar-refractivity contribution in [3.05, 3.63) is 23.0 Å². The van der Waals surface area contributed by atoms with E-state index in [4.69, 9.17) is 9.47 Å². The third kappa shape index (κ3) is 4.77. The van der Waals surface area contributed by atoms with Gasteiger partial charge in [-0.15, -0.1) is 0 Å². The Bertz CT molecular complexity index is 621.